The van der Waals surface area contributed by atoms with Gasteiger partial charge in [0.2, 0.25) is 9.05 Å². The van der Waals surface area contributed by atoms with Gasteiger partial charge in [0.15, 0.2) is 0 Å². The normalized spacial score (nSPS) is 20.1. The highest BCUT2D eigenvalue weighted by molar-refractivity contribution is 8.13. The Bertz CT molecular complexity index is 226. The van der Waals surface area contributed by atoms with E-state index in [1.807, 2.05) is 6.08 Å². The van der Waals surface area contributed by atoms with Gasteiger partial charge in [-0.25, -0.2) is 8.42 Å². The van der Waals surface area contributed by atoms with E-state index in [1.54, 1.807) is 6.08 Å². The highest BCUT2D eigenvalue weighted by Crippen LogP contribution is 2.29. The second-order valence-corrected chi connectivity index (χ2v) is 5.29. The fourth-order valence-corrected chi connectivity index (χ4v) is 1.21. The number of allylic oxidation sites excluding steroid dienone is 1. The average molecular weight is 181 g/mol. The quantitative estimate of drug-likeness (QED) is 0.488. The first kappa shape index (κ1) is 8.08. The molecular weight excluding hydrogens is 172 g/mol. The Morgan fingerprint density at radius 1 is 1.50 bits per heavy atom. The molecular formula is C6H9ClO2S. The van der Waals surface area contributed by atoms with Crippen LogP contribution in [0.1, 0.15) is 12.8 Å². The lowest BCUT2D eigenvalue weighted by molar-refractivity contribution is 0.612. The van der Waals surface area contributed by atoms with Crippen molar-refractivity contribution in [3.8, 4) is 0 Å². The summed E-state index contributed by atoms with van der Waals surface area (Å²) in [6.45, 7) is 0. The maximum Gasteiger partial charge on any atom is 0.236 e. The lowest BCUT2D eigenvalue weighted by Crippen LogP contribution is -1.91. The minimum absolute atomic E-state index is 0.0367. The summed E-state index contributed by atoms with van der Waals surface area (Å²) in [5, 5.41) is 0. The van der Waals surface area contributed by atoms with Crippen LogP contribution in [0, 0.1) is 5.92 Å². The lowest BCUT2D eigenvalue weighted by Gasteiger charge is -1.84. The van der Waals surface area contributed by atoms with Gasteiger partial charge in [-0.2, -0.15) is 0 Å². The molecule has 0 N–H and O–H groups in total. The summed E-state index contributed by atoms with van der Waals surface area (Å²) in [5.41, 5.74) is 0. The van der Waals surface area contributed by atoms with Crippen LogP contribution in [0.2, 0.25) is 0 Å². The zero-order chi connectivity index (χ0) is 7.61. The maximum absolute atomic E-state index is 10.3. The Morgan fingerprint density at radius 3 is 2.50 bits per heavy atom. The number of hydrogen-bond donors (Lipinski definition) is 0. The first-order valence-corrected chi connectivity index (χ1v) is 5.65. The van der Waals surface area contributed by atoms with Gasteiger partial charge in [0.25, 0.3) is 0 Å². The zero-order valence-corrected chi connectivity index (χ0v) is 7.03. The lowest BCUT2D eigenvalue weighted by atomic mass is 10.4. The summed E-state index contributed by atoms with van der Waals surface area (Å²) in [5.74, 6) is 0.587. The molecule has 0 amide bonds. The van der Waals surface area contributed by atoms with Crippen molar-refractivity contribution in [2.24, 2.45) is 5.92 Å². The molecule has 0 spiro atoms. The van der Waals surface area contributed by atoms with Gasteiger partial charge < -0.3 is 0 Å². The molecule has 10 heavy (non-hydrogen) atoms. The second-order valence-electron chi connectivity index (χ2n) is 2.47. The van der Waals surface area contributed by atoms with E-state index in [0.29, 0.717) is 5.92 Å². The molecule has 1 aliphatic rings. The molecule has 0 aromatic heterocycles. The minimum Gasteiger partial charge on any atom is -0.212 e. The zero-order valence-electron chi connectivity index (χ0n) is 5.46. The molecule has 0 bridgehead atoms. The van der Waals surface area contributed by atoms with Crippen molar-refractivity contribution in [3.05, 3.63) is 12.2 Å². The van der Waals surface area contributed by atoms with Crippen molar-refractivity contribution in [1.82, 2.24) is 0 Å². The predicted octanol–water partition coefficient (Wildman–Crippen LogP) is 1.52. The first-order valence-electron chi connectivity index (χ1n) is 3.17. The summed E-state index contributed by atoms with van der Waals surface area (Å²) < 4.78 is 20.7. The summed E-state index contributed by atoms with van der Waals surface area (Å²) in [6.07, 6.45) is 5.93. The fourth-order valence-electron chi connectivity index (χ4n) is 0.652. The highest BCUT2D eigenvalue weighted by atomic mass is 35.7. The number of halogens is 1. The van der Waals surface area contributed by atoms with Crippen molar-refractivity contribution in [2.45, 2.75) is 12.8 Å². The molecule has 1 aliphatic carbocycles. The Morgan fingerprint density at radius 2 is 2.10 bits per heavy atom. The molecule has 0 unspecified atom stereocenters. The van der Waals surface area contributed by atoms with Crippen LogP contribution in [-0.2, 0) is 9.05 Å². The Kier molecular flexibility index (Phi) is 2.36. The summed E-state index contributed by atoms with van der Waals surface area (Å²) in [6, 6.07) is 0. The van der Waals surface area contributed by atoms with Gasteiger partial charge in [-0.3, -0.25) is 0 Å². The van der Waals surface area contributed by atoms with Crippen molar-refractivity contribution in [1.29, 1.82) is 0 Å². The predicted molar refractivity (Wildman–Crippen MR) is 41.5 cm³/mol. The minimum atomic E-state index is -3.31. The molecule has 0 radical (unpaired) electrons. The van der Waals surface area contributed by atoms with Crippen molar-refractivity contribution < 1.29 is 8.42 Å². The van der Waals surface area contributed by atoms with Gasteiger partial charge in [0.1, 0.15) is 0 Å². The maximum atomic E-state index is 10.3. The molecule has 0 aliphatic heterocycles. The van der Waals surface area contributed by atoms with Gasteiger partial charge in [0.05, 0.1) is 5.75 Å². The molecule has 1 fully saturated rings. The largest absolute Gasteiger partial charge is 0.236 e. The molecule has 0 aromatic carbocycles. The van der Waals surface area contributed by atoms with Crippen LogP contribution in [0.4, 0.5) is 0 Å². The molecule has 0 heterocycles. The molecule has 1 rings (SSSR count). The van der Waals surface area contributed by atoms with E-state index in [2.05, 4.69) is 0 Å². The second kappa shape index (κ2) is 2.93. The molecule has 4 heteroatoms. The van der Waals surface area contributed by atoms with Gasteiger partial charge >= 0.3 is 0 Å². The third-order valence-corrected chi connectivity index (χ3v) is 2.29. The Labute approximate surface area is 65.3 Å². The Hall–Kier alpha value is -0.0200. The molecule has 58 valence electrons. The monoisotopic (exact) mass is 180 g/mol. The van der Waals surface area contributed by atoms with Crippen LogP contribution in [0.3, 0.4) is 0 Å². The summed E-state index contributed by atoms with van der Waals surface area (Å²) >= 11 is 0. The van der Waals surface area contributed by atoms with Crippen molar-refractivity contribution in [2.75, 3.05) is 5.75 Å². The first-order chi connectivity index (χ1) is 4.58. The average Bonchev–Trinajstić information content (AvgIpc) is 2.45. The van der Waals surface area contributed by atoms with Crippen LogP contribution in [0.5, 0.6) is 0 Å². The van der Waals surface area contributed by atoms with E-state index in [4.69, 9.17) is 10.7 Å². The van der Waals surface area contributed by atoms with E-state index >= 15 is 0 Å². The smallest absolute Gasteiger partial charge is 0.212 e. The van der Waals surface area contributed by atoms with Gasteiger partial charge in [-0.15, -0.1) is 0 Å². The van der Waals surface area contributed by atoms with Crippen LogP contribution in [0.25, 0.3) is 0 Å². The molecule has 0 atom stereocenters. The van der Waals surface area contributed by atoms with Gasteiger partial charge in [-0.1, -0.05) is 12.2 Å². The third-order valence-electron chi connectivity index (χ3n) is 1.33. The molecule has 2 nitrogen and oxygen atoms in total. The van der Waals surface area contributed by atoms with Crippen LogP contribution in [-0.4, -0.2) is 14.2 Å². The van der Waals surface area contributed by atoms with E-state index < -0.39 is 9.05 Å². The van der Waals surface area contributed by atoms with Crippen LogP contribution >= 0.6 is 10.7 Å². The Balaban J connectivity index is 2.27. The highest BCUT2D eigenvalue weighted by Gasteiger charge is 2.17. The summed E-state index contributed by atoms with van der Waals surface area (Å²) in [4.78, 5) is 0. The van der Waals surface area contributed by atoms with Crippen molar-refractivity contribution >= 4 is 19.7 Å². The third kappa shape index (κ3) is 3.90. The standard InChI is InChI=1S/C6H9ClO2S/c7-10(8,9)5-1-2-6-3-4-6/h1-2,6H,3-5H2/b2-1+. The van der Waals surface area contributed by atoms with Crippen LogP contribution in [0.15, 0.2) is 12.2 Å². The van der Waals surface area contributed by atoms with Crippen LogP contribution < -0.4 is 0 Å². The summed E-state index contributed by atoms with van der Waals surface area (Å²) in [7, 11) is 1.65. The molecule has 0 saturated heterocycles. The van der Waals surface area contributed by atoms with Gasteiger partial charge in [-0.05, 0) is 18.8 Å². The van der Waals surface area contributed by atoms with Gasteiger partial charge in [0, 0.05) is 10.7 Å². The van der Waals surface area contributed by atoms with E-state index in [0.717, 1.165) is 0 Å². The topological polar surface area (TPSA) is 34.1 Å². The number of rotatable bonds is 3. The molecule has 1 saturated carbocycles. The van der Waals surface area contributed by atoms with E-state index in [1.165, 1.54) is 12.8 Å². The molecule has 0 aromatic rings. The SMILES string of the molecule is O=S(=O)(Cl)C/C=C/C1CC1. The number of hydrogen-bond acceptors (Lipinski definition) is 2. The van der Waals surface area contributed by atoms with Crippen molar-refractivity contribution in [3.63, 3.8) is 0 Å². The fraction of sp³-hybridized carbons (Fsp3) is 0.667. The van der Waals surface area contributed by atoms with E-state index in [-0.39, 0.29) is 5.75 Å². The van der Waals surface area contributed by atoms with E-state index in [9.17, 15) is 8.42 Å².